The van der Waals surface area contributed by atoms with Crippen molar-refractivity contribution in [2.75, 3.05) is 37.0 Å². The lowest BCUT2D eigenvalue weighted by atomic mass is 10.1. The fraction of sp³-hybridized carbons (Fsp3) is 0.440. The fourth-order valence-corrected chi connectivity index (χ4v) is 6.94. The Kier molecular flexibility index (Phi) is 6.76. The van der Waals surface area contributed by atoms with Gasteiger partial charge in [-0.25, -0.2) is 19.2 Å². The standard InChI is InChI=1S/C25H30N6O4S/c1-16-11-18(30-36(33)9-4-5-10-36)12-20-23(16)24(28-15-27-20)29-19-7-6-8-26-25(19)35-22-14-31(17(2)32)13-21(22)34-3/h6-8,11-12,15,21-22H,4-5,9-10,13-14H2,1-3H3,(H,27,28,29)/t21-,22-/m1/s1. The predicted octanol–water partition coefficient (Wildman–Crippen LogP) is 3.59. The highest BCUT2D eigenvalue weighted by Crippen LogP contribution is 2.34. The summed E-state index contributed by atoms with van der Waals surface area (Å²) >= 11 is 0. The van der Waals surface area contributed by atoms with E-state index in [1.807, 2.05) is 31.2 Å². The molecule has 0 unspecified atom stereocenters. The first-order valence-electron chi connectivity index (χ1n) is 12.0. The Morgan fingerprint density at radius 3 is 2.69 bits per heavy atom. The van der Waals surface area contributed by atoms with Crippen molar-refractivity contribution in [3.05, 3.63) is 42.4 Å². The quantitative estimate of drug-likeness (QED) is 0.534. The summed E-state index contributed by atoms with van der Waals surface area (Å²) in [6.45, 7) is 4.41. The molecule has 3 aromatic rings. The van der Waals surface area contributed by atoms with Gasteiger partial charge in [-0.05, 0) is 49.6 Å². The largest absolute Gasteiger partial charge is 0.468 e. The minimum absolute atomic E-state index is 0.0195. The van der Waals surface area contributed by atoms with E-state index in [0.717, 1.165) is 23.8 Å². The van der Waals surface area contributed by atoms with Gasteiger partial charge >= 0.3 is 0 Å². The van der Waals surface area contributed by atoms with Crippen molar-refractivity contribution in [3.63, 3.8) is 0 Å². The molecule has 0 aliphatic carbocycles. The molecule has 2 aliphatic heterocycles. The normalized spacial score (nSPS) is 21.0. The Morgan fingerprint density at radius 1 is 1.17 bits per heavy atom. The number of carbonyl (C=O) groups is 1. The summed E-state index contributed by atoms with van der Waals surface area (Å²) in [5.41, 5.74) is 2.96. The van der Waals surface area contributed by atoms with Crippen LogP contribution in [0.2, 0.25) is 0 Å². The van der Waals surface area contributed by atoms with Crippen molar-refractivity contribution in [1.82, 2.24) is 19.9 Å². The van der Waals surface area contributed by atoms with Crippen LogP contribution in [0.15, 0.2) is 41.2 Å². The molecule has 1 aromatic carbocycles. The van der Waals surface area contributed by atoms with Crippen LogP contribution in [0.25, 0.3) is 10.9 Å². The lowest BCUT2D eigenvalue weighted by Crippen LogP contribution is -2.32. The maximum absolute atomic E-state index is 12.9. The maximum Gasteiger partial charge on any atom is 0.238 e. The molecule has 2 fully saturated rings. The number of benzene rings is 1. The summed E-state index contributed by atoms with van der Waals surface area (Å²) < 4.78 is 29.3. The molecule has 190 valence electrons. The number of methoxy groups -OCH3 is 1. The molecule has 0 saturated carbocycles. The molecule has 2 atom stereocenters. The third-order valence-electron chi connectivity index (χ3n) is 6.62. The highest BCUT2D eigenvalue weighted by molar-refractivity contribution is 7.93. The zero-order chi connectivity index (χ0) is 25.3. The average Bonchev–Trinajstić information content (AvgIpc) is 3.46. The van der Waals surface area contributed by atoms with Crippen LogP contribution >= 0.6 is 0 Å². The molecule has 10 nitrogen and oxygen atoms in total. The van der Waals surface area contributed by atoms with E-state index in [0.29, 0.717) is 53.2 Å². The number of amides is 1. The third-order valence-corrected chi connectivity index (χ3v) is 9.02. The summed E-state index contributed by atoms with van der Waals surface area (Å²) in [7, 11) is -0.565. The molecule has 1 N–H and O–H groups in total. The maximum atomic E-state index is 12.9. The number of ether oxygens (including phenoxy) is 2. The van der Waals surface area contributed by atoms with Crippen LogP contribution in [0.5, 0.6) is 5.88 Å². The number of anilines is 2. The van der Waals surface area contributed by atoms with Gasteiger partial charge in [-0.3, -0.25) is 4.79 Å². The van der Waals surface area contributed by atoms with Crippen LogP contribution in [0.3, 0.4) is 0 Å². The van der Waals surface area contributed by atoms with Gasteiger partial charge in [-0.1, -0.05) is 0 Å². The van der Waals surface area contributed by atoms with Crippen molar-refractivity contribution in [1.29, 1.82) is 0 Å². The highest BCUT2D eigenvalue weighted by atomic mass is 32.2. The van der Waals surface area contributed by atoms with Gasteiger partial charge in [0.1, 0.15) is 30.0 Å². The Labute approximate surface area is 210 Å². The Balaban J connectivity index is 1.45. The van der Waals surface area contributed by atoms with Gasteiger partial charge in [0.15, 0.2) is 0 Å². The molecule has 36 heavy (non-hydrogen) atoms. The second kappa shape index (κ2) is 9.98. The summed E-state index contributed by atoms with van der Waals surface area (Å²) in [6, 6.07) is 7.46. The number of nitrogens with zero attached hydrogens (tertiary/aromatic N) is 5. The van der Waals surface area contributed by atoms with Crippen LogP contribution in [-0.4, -0.2) is 73.9 Å². The van der Waals surface area contributed by atoms with E-state index < -0.39 is 9.73 Å². The zero-order valence-electron chi connectivity index (χ0n) is 20.6. The molecule has 2 aliphatic rings. The van der Waals surface area contributed by atoms with Gasteiger partial charge in [0, 0.05) is 37.1 Å². The first kappa shape index (κ1) is 24.4. The van der Waals surface area contributed by atoms with Crippen molar-refractivity contribution >= 4 is 43.7 Å². The summed E-state index contributed by atoms with van der Waals surface area (Å²) in [5, 5.41) is 4.19. The predicted molar refractivity (Wildman–Crippen MR) is 138 cm³/mol. The number of hydrogen-bond donors (Lipinski definition) is 1. The van der Waals surface area contributed by atoms with Crippen LogP contribution < -0.4 is 10.1 Å². The van der Waals surface area contributed by atoms with Gasteiger partial charge < -0.3 is 19.7 Å². The lowest BCUT2D eigenvalue weighted by molar-refractivity contribution is -0.128. The molecule has 4 heterocycles. The zero-order valence-corrected chi connectivity index (χ0v) is 21.5. The van der Waals surface area contributed by atoms with E-state index in [9.17, 15) is 9.00 Å². The molecule has 0 radical (unpaired) electrons. The number of pyridine rings is 1. The number of aromatic nitrogens is 3. The molecular weight excluding hydrogens is 480 g/mol. The molecule has 11 heteroatoms. The van der Waals surface area contributed by atoms with Crippen LogP contribution in [0.4, 0.5) is 17.2 Å². The molecule has 2 saturated heterocycles. The van der Waals surface area contributed by atoms with Gasteiger partial charge in [-0.2, -0.15) is 4.36 Å². The first-order valence-corrected chi connectivity index (χ1v) is 13.9. The van der Waals surface area contributed by atoms with E-state index in [-0.39, 0.29) is 18.1 Å². The lowest BCUT2D eigenvalue weighted by Gasteiger charge is -2.20. The fourth-order valence-electron chi connectivity index (χ4n) is 4.75. The Morgan fingerprint density at radius 2 is 1.94 bits per heavy atom. The second-order valence-corrected chi connectivity index (χ2v) is 11.7. The third kappa shape index (κ3) is 4.98. The molecule has 5 rings (SSSR count). The number of nitrogens with one attached hydrogen (secondary N) is 1. The molecular formula is C25H30N6O4S. The summed E-state index contributed by atoms with van der Waals surface area (Å²) in [4.78, 5) is 26.9. The van der Waals surface area contributed by atoms with Crippen LogP contribution in [-0.2, 0) is 19.3 Å². The van der Waals surface area contributed by atoms with Crippen LogP contribution in [0, 0.1) is 6.92 Å². The smallest absolute Gasteiger partial charge is 0.238 e. The number of hydrogen-bond acceptors (Lipinski definition) is 9. The number of fused-ring (bicyclic) bond motifs is 1. The summed E-state index contributed by atoms with van der Waals surface area (Å²) in [5.74, 6) is 2.28. The van der Waals surface area contributed by atoms with Crippen LogP contribution in [0.1, 0.15) is 25.3 Å². The van der Waals surface area contributed by atoms with Crippen molar-refractivity contribution < 1.29 is 18.5 Å². The van der Waals surface area contributed by atoms with Gasteiger partial charge in [-0.15, -0.1) is 0 Å². The number of aryl methyl sites for hydroxylation is 1. The summed E-state index contributed by atoms with van der Waals surface area (Å²) in [6.07, 6.45) is 4.46. The second-order valence-electron chi connectivity index (χ2n) is 9.19. The number of likely N-dealkylation sites (tertiary alicyclic amines) is 1. The van der Waals surface area contributed by atoms with Gasteiger partial charge in [0.05, 0.1) is 34.0 Å². The van der Waals surface area contributed by atoms with Gasteiger partial charge in [0.25, 0.3) is 0 Å². The van der Waals surface area contributed by atoms with E-state index in [4.69, 9.17) is 9.47 Å². The number of carbonyl (C=O) groups excluding carboxylic acids is 1. The monoisotopic (exact) mass is 510 g/mol. The van der Waals surface area contributed by atoms with E-state index in [2.05, 4.69) is 24.6 Å². The minimum atomic E-state index is -2.18. The molecule has 0 spiro atoms. The van der Waals surface area contributed by atoms with E-state index in [1.165, 1.54) is 13.3 Å². The van der Waals surface area contributed by atoms with E-state index in [1.54, 1.807) is 18.2 Å². The van der Waals surface area contributed by atoms with Crippen molar-refractivity contribution in [3.8, 4) is 5.88 Å². The van der Waals surface area contributed by atoms with E-state index >= 15 is 0 Å². The topological polar surface area (TPSA) is 119 Å². The Hall–Kier alpha value is -3.31. The highest BCUT2D eigenvalue weighted by Gasteiger charge is 2.36. The van der Waals surface area contributed by atoms with Crippen molar-refractivity contribution in [2.45, 2.75) is 38.9 Å². The first-order chi connectivity index (χ1) is 17.3. The van der Waals surface area contributed by atoms with Crippen molar-refractivity contribution in [2.24, 2.45) is 4.36 Å². The Bertz CT molecular complexity index is 1410. The average molecular weight is 511 g/mol. The molecule has 0 bridgehead atoms. The SMILES string of the molecule is CO[C@@H]1CN(C(C)=O)C[C@H]1Oc1ncccc1Nc1ncnc2cc(N=S3(=O)CCCC3)cc(C)c12. The molecule has 1 amide bonds. The minimum Gasteiger partial charge on any atom is -0.468 e. The number of rotatable bonds is 6. The van der Waals surface area contributed by atoms with Gasteiger partial charge in [0.2, 0.25) is 11.8 Å². The molecule has 2 aromatic heterocycles.